The van der Waals surface area contributed by atoms with Crippen LogP contribution in [0.1, 0.15) is 5.56 Å². The van der Waals surface area contributed by atoms with E-state index in [4.69, 9.17) is 4.74 Å². The Morgan fingerprint density at radius 1 is 1.27 bits per heavy atom. The molecule has 84 valence electrons. The summed E-state index contributed by atoms with van der Waals surface area (Å²) in [6.45, 7) is 3.70. The van der Waals surface area contributed by atoms with E-state index < -0.39 is 0 Å². The van der Waals surface area contributed by atoms with Gasteiger partial charge in [-0.2, -0.15) is 0 Å². The zero-order chi connectivity index (χ0) is 9.80. The molecule has 1 fully saturated rings. The molecule has 0 saturated carbocycles. The number of halogens is 2. The van der Waals surface area contributed by atoms with Gasteiger partial charge in [-0.05, 0) is 17.7 Å². The van der Waals surface area contributed by atoms with Crippen molar-refractivity contribution in [3.05, 3.63) is 29.8 Å². The molecule has 1 aromatic rings. The molecule has 1 heterocycles. The molecule has 2 nitrogen and oxygen atoms in total. The molecule has 0 aliphatic carbocycles. The van der Waals surface area contributed by atoms with Gasteiger partial charge in [-0.3, -0.25) is 0 Å². The van der Waals surface area contributed by atoms with E-state index in [1.54, 1.807) is 0 Å². The molecule has 2 rings (SSSR count). The molecule has 0 N–H and O–H groups in total. The van der Waals surface area contributed by atoms with Gasteiger partial charge in [0, 0.05) is 24.1 Å². The predicted molar refractivity (Wildman–Crippen MR) is 72.4 cm³/mol. The second kappa shape index (κ2) is 6.51. The standard InChI is InChI=1S/C11H14BrNO.BrH/c12-9-10-2-1-3-11(8-10)13-4-6-14-7-5-13;/h1-3,8H,4-7,9H2;1H. The monoisotopic (exact) mass is 335 g/mol. The summed E-state index contributed by atoms with van der Waals surface area (Å²) in [5.41, 5.74) is 2.64. The van der Waals surface area contributed by atoms with Crippen molar-refractivity contribution in [2.45, 2.75) is 5.33 Å². The number of hydrogen-bond acceptors (Lipinski definition) is 2. The molecule has 15 heavy (non-hydrogen) atoms. The van der Waals surface area contributed by atoms with Gasteiger partial charge in [-0.15, -0.1) is 17.0 Å². The molecule has 1 saturated heterocycles. The molecular formula is C11H15Br2NO. The van der Waals surface area contributed by atoms with Gasteiger partial charge in [0.2, 0.25) is 0 Å². The Bertz CT molecular complexity index is 300. The lowest BCUT2D eigenvalue weighted by molar-refractivity contribution is 0.122. The minimum Gasteiger partial charge on any atom is -0.378 e. The Kier molecular flexibility index (Phi) is 5.64. The van der Waals surface area contributed by atoms with Crippen LogP contribution in [0.3, 0.4) is 0 Å². The molecule has 0 aromatic heterocycles. The van der Waals surface area contributed by atoms with Gasteiger partial charge in [0.05, 0.1) is 13.2 Å². The van der Waals surface area contributed by atoms with E-state index in [2.05, 4.69) is 45.1 Å². The number of anilines is 1. The number of ether oxygens (including phenoxy) is 1. The Hall–Kier alpha value is -0.0600. The van der Waals surface area contributed by atoms with Gasteiger partial charge in [-0.25, -0.2) is 0 Å². The molecule has 1 aliphatic heterocycles. The van der Waals surface area contributed by atoms with E-state index in [9.17, 15) is 0 Å². The molecule has 0 unspecified atom stereocenters. The van der Waals surface area contributed by atoms with Crippen molar-refractivity contribution in [2.24, 2.45) is 0 Å². The minimum atomic E-state index is 0. The van der Waals surface area contributed by atoms with Gasteiger partial charge in [0.25, 0.3) is 0 Å². The number of benzene rings is 1. The Morgan fingerprint density at radius 3 is 2.67 bits per heavy atom. The maximum atomic E-state index is 5.33. The van der Waals surface area contributed by atoms with E-state index in [1.807, 2.05) is 0 Å². The Balaban J connectivity index is 0.00000112. The van der Waals surface area contributed by atoms with Crippen molar-refractivity contribution >= 4 is 38.6 Å². The van der Waals surface area contributed by atoms with Gasteiger partial charge < -0.3 is 9.64 Å². The third-order valence-electron chi connectivity index (χ3n) is 2.44. The van der Waals surface area contributed by atoms with Crippen LogP contribution in [0, 0.1) is 0 Å². The predicted octanol–water partition coefficient (Wildman–Crippen LogP) is 3.00. The SMILES string of the molecule is Br.BrCc1cccc(N2CCOCC2)c1. The van der Waals surface area contributed by atoms with Crippen LogP contribution in [0.2, 0.25) is 0 Å². The third-order valence-corrected chi connectivity index (χ3v) is 3.09. The largest absolute Gasteiger partial charge is 0.378 e. The van der Waals surface area contributed by atoms with Crippen molar-refractivity contribution in [2.75, 3.05) is 31.2 Å². The molecular weight excluding hydrogens is 322 g/mol. The van der Waals surface area contributed by atoms with Gasteiger partial charge in [0.15, 0.2) is 0 Å². The van der Waals surface area contributed by atoms with Crippen molar-refractivity contribution < 1.29 is 4.74 Å². The highest BCUT2D eigenvalue weighted by Gasteiger charge is 2.10. The summed E-state index contributed by atoms with van der Waals surface area (Å²) in [7, 11) is 0. The topological polar surface area (TPSA) is 12.5 Å². The van der Waals surface area contributed by atoms with Gasteiger partial charge >= 0.3 is 0 Å². The first-order chi connectivity index (χ1) is 6.90. The van der Waals surface area contributed by atoms with Crippen LogP contribution in [-0.4, -0.2) is 26.3 Å². The lowest BCUT2D eigenvalue weighted by atomic mass is 10.2. The highest BCUT2D eigenvalue weighted by molar-refractivity contribution is 9.08. The number of morpholine rings is 1. The molecule has 4 heteroatoms. The summed E-state index contributed by atoms with van der Waals surface area (Å²) in [6, 6.07) is 8.65. The van der Waals surface area contributed by atoms with Crippen LogP contribution >= 0.6 is 32.9 Å². The van der Waals surface area contributed by atoms with Crippen LogP contribution in [-0.2, 0) is 10.1 Å². The first kappa shape index (κ1) is 13.0. The smallest absolute Gasteiger partial charge is 0.0642 e. The van der Waals surface area contributed by atoms with Crippen LogP contribution in [0.4, 0.5) is 5.69 Å². The van der Waals surface area contributed by atoms with Crippen LogP contribution in [0.25, 0.3) is 0 Å². The zero-order valence-electron chi connectivity index (χ0n) is 8.49. The summed E-state index contributed by atoms with van der Waals surface area (Å²) in [5, 5.41) is 0.922. The van der Waals surface area contributed by atoms with Crippen LogP contribution < -0.4 is 4.90 Å². The normalized spacial score (nSPS) is 15.9. The van der Waals surface area contributed by atoms with Crippen molar-refractivity contribution in [3.63, 3.8) is 0 Å². The number of alkyl halides is 1. The minimum absolute atomic E-state index is 0. The molecule has 0 bridgehead atoms. The zero-order valence-corrected chi connectivity index (χ0v) is 11.8. The average molecular weight is 337 g/mol. The average Bonchev–Trinajstić information content (AvgIpc) is 2.30. The fourth-order valence-electron chi connectivity index (χ4n) is 1.66. The van der Waals surface area contributed by atoms with E-state index in [0.29, 0.717) is 0 Å². The second-order valence-electron chi connectivity index (χ2n) is 3.40. The lowest BCUT2D eigenvalue weighted by Crippen LogP contribution is -2.36. The highest BCUT2D eigenvalue weighted by atomic mass is 79.9. The maximum absolute atomic E-state index is 5.33. The lowest BCUT2D eigenvalue weighted by Gasteiger charge is -2.29. The third kappa shape index (κ3) is 3.47. The van der Waals surface area contributed by atoms with Crippen molar-refractivity contribution in [3.8, 4) is 0 Å². The molecule has 1 aromatic carbocycles. The quantitative estimate of drug-likeness (QED) is 0.770. The van der Waals surface area contributed by atoms with Crippen molar-refractivity contribution in [1.29, 1.82) is 0 Å². The summed E-state index contributed by atoms with van der Waals surface area (Å²) in [4.78, 5) is 2.37. The molecule has 0 radical (unpaired) electrons. The summed E-state index contributed by atoms with van der Waals surface area (Å²) in [5.74, 6) is 0. The molecule has 0 amide bonds. The van der Waals surface area contributed by atoms with E-state index in [0.717, 1.165) is 31.6 Å². The first-order valence-corrected chi connectivity index (χ1v) is 6.00. The van der Waals surface area contributed by atoms with Gasteiger partial charge in [0.1, 0.15) is 0 Å². The summed E-state index contributed by atoms with van der Waals surface area (Å²) >= 11 is 3.47. The van der Waals surface area contributed by atoms with Crippen LogP contribution in [0.15, 0.2) is 24.3 Å². The highest BCUT2D eigenvalue weighted by Crippen LogP contribution is 2.18. The van der Waals surface area contributed by atoms with E-state index in [1.165, 1.54) is 11.3 Å². The second-order valence-corrected chi connectivity index (χ2v) is 3.96. The van der Waals surface area contributed by atoms with E-state index >= 15 is 0 Å². The molecule has 0 spiro atoms. The fraction of sp³-hybridized carbons (Fsp3) is 0.455. The number of rotatable bonds is 2. The Labute approximate surface area is 110 Å². The Morgan fingerprint density at radius 2 is 2.00 bits per heavy atom. The van der Waals surface area contributed by atoms with Gasteiger partial charge in [-0.1, -0.05) is 28.1 Å². The molecule has 1 aliphatic rings. The number of hydrogen-bond donors (Lipinski definition) is 0. The van der Waals surface area contributed by atoms with Crippen LogP contribution in [0.5, 0.6) is 0 Å². The number of nitrogens with zero attached hydrogens (tertiary/aromatic N) is 1. The fourth-order valence-corrected chi connectivity index (χ4v) is 2.01. The summed E-state index contributed by atoms with van der Waals surface area (Å²) < 4.78 is 5.33. The molecule has 0 atom stereocenters. The maximum Gasteiger partial charge on any atom is 0.0642 e. The summed E-state index contributed by atoms with van der Waals surface area (Å²) in [6.07, 6.45) is 0. The van der Waals surface area contributed by atoms with E-state index in [-0.39, 0.29) is 17.0 Å². The van der Waals surface area contributed by atoms with Crippen molar-refractivity contribution in [1.82, 2.24) is 0 Å². The first-order valence-electron chi connectivity index (χ1n) is 4.88.